The number of rotatable bonds is 3. The van der Waals surface area contributed by atoms with Crippen molar-refractivity contribution in [2.24, 2.45) is 5.92 Å². The second-order valence-electron chi connectivity index (χ2n) is 5.98. The molecule has 104 valence electrons. The zero-order valence-corrected chi connectivity index (χ0v) is 12.0. The minimum Gasteiger partial charge on any atom is -0.493 e. The molecule has 1 N–H and O–H groups in total. The quantitative estimate of drug-likeness (QED) is 0.890. The number of hydrogen-bond acceptors (Lipinski definition) is 2. The number of aryl methyl sites for hydroxylation is 1. The summed E-state index contributed by atoms with van der Waals surface area (Å²) in [6.07, 6.45) is 9.30. The topological polar surface area (TPSA) is 21.3 Å². The van der Waals surface area contributed by atoms with E-state index in [0.29, 0.717) is 6.04 Å². The minimum atomic E-state index is 0.521. The van der Waals surface area contributed by atoms with Crippen LogP contribution < -0.4 is 10.1 Å². The van der Waals surface area contributed by atoms with Crippen molar-refractivity contribution in [1.82, 2.24) is 5.32 Å². The fraction of sp³-hybridized carbons (Fsp3) is 0.647. The van der Waals surface area contributed by atoms with Gasteiger partial charge < -0.3 is 10.1 Å². The van der Waals surface area contributed by atoms with Crippen LogP contribution in [0, 0.1) is 5.92 Å². The zero-order chi connectivity index (χ0) is 13.1. The summed E-state index contributed by atoms with van der Waals surface area (Å²) in [5, 5.41) is 3.55. The van der Waals surface area contributed by atoms with Gasteiger partial charge in [0.2, 0.25) is 0 Å². The molecule has 1 aliphatic heterocycles. The average molecular weight is 259 g/mol. The molecular formula is C17H25NO. The fourth-order valence-corrected chi connectivity index (χ4v) is 3.72. The predicted molar refractivity (Wildman–Crippen MR) is 78.6 cm³/mol. The van der Waals surface area contributed by atoms with E-state index in [2.05, 4.69) is 30.6 Å². The molecule has 0 bridgehead atoms. The normalized spacial score (nSPS) is 21.5. The number of benzene rings is 1. The molecule has 0 amide bonds. The SMILES string of the molecule is CNC(c1ccc2c(c1)CCCO2)C1CCCCC1. The van der Waals surface area contributed by atoms with E-state index in [4.69, 9.17) is 4.74 Å². The first-order chi connectivity index (χ1) is 9.38. The van der Waals surface area contributed by atoms with E-state index in [-0.39, 0.29) is 0 Å². The molecule has 1 aliphatic carbocycles. The van der Waals surface area contributed by atoms with E-state index in [0.717, 1.165) is 24.7 Å². The third-order valence-electron chi connectivity index (χ3n) is 4.72. The summed E-state index contributed by atoms with van der Waals surface area (Å²) in [7, 11) is 2.11. The van der Waals surface area contributed by atoms with Crippen LogP contribution in [-0.4, -0.2) is 13.7 Å². The third kappa shape index (κ3) is 2.79. The third-order valence-corrected chi connectivity index (χ3v) is 4.72. The molecule has 1 fully saturated rings. The van der Waals surface area contributed by atoms with Gasteiger partial charge in [-0.1, -0.05) is 31.4 Å². The second-order valence-corrected chi connectivity index (χ2v) is 5.98. The predicted octanol–water partition coefficient (Wildman–Crippen LogP) is 3.85. The highest BCUT2D eigenvalue weighted by Crippen LogP contribution is 2.36. The van der Waals surface area contributed by atoms with Crippen LogP contribution in [0.3, 0.4) is 0 Å². The summed E-state index contributed by atoms with van der Waals surface area (Å²) in [6.45, 7) is 0.879. The number of ether oxygens (including phenoxy) is 1. The van der Waals surface area contributed by atoms with E-state index >= 15 is 0 Å². The monoisotopic (exact) mass is 259 g/mol. The lowest BCUT2D eigenvalue weighted by molar-refractivity contribution is 0.277. The van der Waals surface area contributed by atoms with Crippen molar-refractivity contribution in [2.75, 3.05) is 13.7 Å². The van der Waals surface area contributed by atoms with Gasteiger partial charge in [0.1, 0.15) is 5.75 Å². The van der Waals surface area contributed by atoms with Gasteiger partial charge >= 0.3 is 0 Å². The van der Waals surface area contributed by atoms with Crippen LogP contribution in [0.4, 0.5) is 0 Å². The van der Waals surface area contributed by atoms with Gasteiger partial charge in [0, 0.05) is 6.04 Å². The molecule has 1 atom stereocenters. The van der Waals surface area contributed by atoms with Crippen molar-refractivity contribution < 1.29 is 4.74 Å². The smallest absolute Gasteiger partial charge is 0.122 e. The van der Waals surface area contributed by atoms with Crippen LogP contribution in [-0.2, 0) is 6.42 Å². The Labute approximate surface area is 116 Å². The lowest BCUT2D eigenvalue weighted by Crippen LogP contribution is -2.27. The first-order valence-corrected chi connectivity index (χ1v) is 7.81. The van der Waals surface area contributed by atoms with Gasteiger partial charge in [0.05, 0.1) is 6.61 Å². The largest absolute Gasteiger partial charge is 0.493 e. The van der Waals surface area contributed by atoms with Crippen molar-refractivity contribution in [3.05, 3.63) is 29.3 Å². The summed E-state index contributed by atoms with van der Waals surface area (Å²) in [5.41, 5.74) is 2.86. The molecule has 1 aromatic carbocycles. The molecule has 19 heavy (non-hydrogen) atoms. The fourth-order valence-electron chi connectivity index (χ4n) is 3.72. The molecule has 1 saturated carbocycles. The Morgan fingerprint density at radius 1 is 1.16 bits per heavy atom. The van der Waals surface area contributed by atoms with Crippen LogP contribution in [0.5, 0.6) is 5.75 Å². The highest BCUT2D eigenvalue weighted by atomic mass is 16.5. The van der Waals surface area contributed by atoms with Crippen LogP contribution >= 0.6 is 0 Å². The maximum atomic E-state index is 5.72. The lowest BCUT2D eigenvalue weighted by atomic mass is 9.80. The summed E-state index contributed by atoms with van der Waals surface area (Å²) in [4.78, 5) is 0. The Morgan fingerprint density at radius 2 is 2.00 bits per heavy atom. The second kappa shape index (κ2) is 5.96. The van der Waals surface area contributed by atoms with Crippen LogP contribution in [0.25, 0.3) is 0 Å². The van der Waals surface area contributed by atoms with E-state index < -0.39 is 0 Å². The first-order valence-electron chi connectivity index (χ1n) is 7.81. The van der Waals surface area contributed by atoms with Gasteiger partial charge in [-0.2, -0.15) is 0 Å². The molecule has 2 heteroatoms. The summed E-state index contributed by atoms with van der Waals surface area (Å²) >= 11 is 0. The number of nitrogens with one attached hydrogen (secondary N) is 1. The molecule has 0 saturated heterocycles. The molecule has 2 aliphatic rings. The number of fused-ring (bicyclic) bond motifs is 1. The zero-order valence-electron chi connectivity index (χ0n) is 12.0. The molecular weight excluding hydrogens is 234 g/mol. The Bertz CT molecular complexity index is 423. The van der Waals surface area contributed by atoms with Gasteiger partial charge in [-0.25, -0.2) is 0 Å². The summed E-state index contributed by atoms with van der Waals surface area (Å²) in [5.74, 6) is 1.91. The molecule has 0 radical (unpaired) electrons. The van der Waals surface area contributed by atoms with Crippen LogP contribution in [0.2, 0.25) is 0 Å². The Morgan fingerprint density at radius 3 is 2.79 bits per heavy atom. The minimum absolute atomic E-state index is 0.521. The van der Waals surface area contributed by atoms with E-state index in [1.165, 1.54) is 49.7 Å². The maximum absolute atomic E-state index is 5.72. The van der Waals surface area contributed by atoms with Crippen LogP contribution in [0.15, 0.2) is 18.2 Å². The molecule has 1 aromatic rings. The van der Waals surface area contributed by atoms with Crippen molar-refractivity contribution in [3.63, 3.8) is 0 Å². The average Bonchev–Trinajstić information content (AvgIpc) is 2.49. The van der Waals surface area contributed by atoms with E-state index in [9.17, 15) is 0 Å². The highest BCUT2D eigenvalue weighted by molar-refractivity contribution is 5.39. The van der Waals surface area contributed by atoms with Gasteiger partial charge in [0.25, 0.3) is 0 Å². The van der Waals surface area contributed by atoms with Gasteiger partial charge in [-0.05, 0) is 55.8 Å². The van der Waals surface area contributed by atoms with Crippen molar-refractivity contribution >= 4 is 0 Å². The van der Waals surface area contributed by atoms with E-state index in [1.54, 1.807) is 0 Å². The maximum Gasteiger partial charge on any atom is 0.122 e. The van der Waals surface area contributed by atoms with Gasteiger partial charge in [0.15, 0.2) is 0 Å². The molecule has 2 nitrogen and oxygen atoms in total. The van der Waals surface area contributed by atoms with Gasteiger partial charge in [-0.3, -0.25) is 0 Å². The Hall–Kier alpha value is -1.02. The van der Waals surface area contributed by atoms with Gasteiger partial charge in [-0.15, -0.1) is 0 Å². The van der Waals surface area contributed by atoms with Crippen molar-refractivity contribution in [1.29, 1.82) is 0 Å². The number of hydrogen-bond donors (Lipinski definition) is 1. The first kappa shape index (κ1) is 13.0. The molecule has 1 heterocycles. The summed E-state index contributed by atoms with van der Waals surface area (Å²) in [6, 6.07) is 7.34. The van der Waals surface area contributed by atoms with Crippen LogP contribution in [0.1, 0.15) is 55.7 Å². The molecule has 3 rings (SSSR count). The molecule has 0 aromatic heterocycles. The highest BCUT2D eigenvalue weighted by Gasteiger charge is 2.24. The Balaban J connectivity index is 1.82. The molecule has 1 unspecified atom stereocenters. The lowest BCUT2D eigenvalue weighted by Gasteiger charge is -2.31. The standard InChI is InChI=1S/C17H25NO/c1-18-17(13-6-3-2-4-7-13)15-9-10-16-14(12-15)8-5-11-19-16/h9-10,12-13,17-18H,2-8,11H2,1H3. The van der Waals surface area contributed by atoms with E-state index in [1.807, 2.05) is 0 Å². The molecule has 0 spiro atoms. The van der Waals surface area contributed by atoms with Crippen molar-refractivity contribution in [2.45, 2.75) is 51.0 Å². The Kier molecular flexibility index (Phi) is 4.07. The van der Waals surface area contributed by atoms with Crippen molar-refractivity contribution in [3.8, 4) is 5.75 Å². The summed E-state index contributed by atoms with van der Waals surface area (Å²) < 4.78 is 5.72.